The van der Waals surface area contributed by atoms with Gasteiger partial charge in [-0.2, -0.15) is 0 Å². The van der Waals surface area contributed by atoms with E-state index in [-0.39, 0.29) is 5.41 Å². The second kappa shape index (κ2) is 4.56. The fourth-order valence-electron chi connectivity index (χ4n) is 2.45. The Morgan fingerprint density at radius 3 is 2.62 bits per heavy atom. The van der Waals surface area contributed by atoms with Gasteiger partial charge in [0.2, 0.25) is 0 Å². The molecule has 1 saturated carbocycles. The summed E-state index contributed by atoms with van der Waals surface area (Å²) < 4.78 is 0. The summed E-state index contributed by atoms with van der Waals surface area (Å²) in [5, 5.41) is 4.94. The molecule has 88 valence electrons. The third-order valence-corrected chi connectivity index (χ3v) is 4.16. The lowest BCUT2D eigenvalue weighted by molar-refractivity contribution is 0.556. The third-order valence-electron chi connectivity index (χ3n) is 3.61. The molecule has 0 radical (unpaired) electrons. The molecule has 2 atom stereocenters. The summed E-state index contributed by atoms with van der Waals surface area (Å²) in [7, 11) is 0. The van der Waals surface area contributed by atoms with Gasteiger partial charge in [-0.05, 0) is 36.6 Å². The molecule has 1 aromatic carbocycles. The summed E-state index contributed by atoms with van der Waals surface area (Å²) in [4.78, 5) is 0. The van der Waals surface area contributed by atoms with E-state index in [2.05, 4.69) is 25.2 Å². The standard InChI is InChI=1S/C13H17Cl2N/c1-3-16-8-13(7-9(13)2)11-5-4-10(14)6-12(11)15/h4-6,9,16H,3,7-8H2,1-2H3. The van der Waals surface area contributed by atoms with Gasteiger partial charge < -0.3 is 5.32 Å². The zero-order chi connectivity index (χ0) is 11.8. The molecule has 0 saturated heterocycles. The van der Waals surface area contributed by atoms with Crippen LogP contribution in [0, 0.1) is 5.92 Å². The van der Waals surface area contributed by atoms with Gasteiger partial charge in [0.25, 0.3) is 0 Å². The van der Waals surface area contributed by atoms with Crippen molar-refractivity contribution in [1.29, 1.82) is 0 Å². The van der Waals surface area contributed by atoms with E-state index in [1.54, 1.807) is 0 Å². The van der Waals surface area contributed by atoms with E-state index in [0.717, 1.165) is 18.1 Å². The van der Waals surface area contributed by atoms with Crippen LogP contribution < -0.4 is 5.32 Å². The Balaban J connectivity index is 2.27. The molecule has 1 nitrogen and oxygen atoms in total. The van der Waals surface area contributed by atoms with Crippen molar-refractivity contribution in [1.82, 2.24) is 5.32 Å². The Hall–Kier alpha value is -0.240. The van der Waals surface area contributed by atoms with E-state index in [9.17, 15) is 0 Å². The number of likely N-dealkylation sites (N-methyl/N-ethyl adjacent to an activating group) is 1. The molecule has 0 heterocycles. The highest BCUT2D eigenvalue weighted by atomic mass is 35.5. The van der Waals surface area contributed by atoms with E-state index in [0.29, 0.717) is 10.9 Å². The fraction of sp³-hybridized carbons (Fsp3) is 0.538. The molecule has 0 aliphatic heterocycles. The van der Waals surface area contributed by atoms with Crippen molar-refractivity contribution in [2.75, 3.05) is 13.1 Å². The van der Waals surface area contributed by atoms with Crippen molar-refractivity contribution < 1.29 is 0 Å². The molecule has 1 fully saturated rings. The first-order valence-electron chi connectivity index (χ1n) is 5.76. The van der Waals surface area contributed by atoms with E-state index in [4.69, 9.17) is 23.2 Å². The lowest BCUT2D eigenvalue weighted by Crippen LogP contribution is -2.28. The minimum atomic E-state index is 0.234. The van der Waals surface area contributed by atoms with Gasteiger partial charge in [0.05, 0.1) is 0 Å². The first-order chi connectivity index (χ1) is 7.60. The summed E-state index contributed by atoms with van der Waals surface area (Å²) in [5.41, 5.74) is 1.48. The minimum Gasteiger partial charge on any atom is -0.316 e. The van der Waals surface area contributed by atoms with Gasteiger partial charge in [-0.25, -0.2) is 0 Å². The van der Waals surface area contributed by atoms with Crippen molar-refractivity contribution in [3.05, 3.63) is 33.8 Å². The largest absolute Gasteiger partial charge is 0.316 e. The summed E-state index contributed by atoms with van der Waals surface area (Å²) >= 11 is 12.2. The van der Waals surface area contributed by atoms with Crippen LogP contribution in [0.5, 0.6) is 0 Å². The molecule has 2 unspecified atom stereocenters. The van der Waals surface area contributed by atoms with Crippen LogP contribution in [-0.2, 0) is 5.41 Å². The predicted octanol–water partition coefficient (Wildman–Crippen LogP) is 3.88. The molecule has 1 aromatic rings. The Labute approximate surface area is 107 Å². The maximum absolute atomic E-state index is 6.29. The summed E-state index contributed by atoms with van der Waals surface area (Å²) in [5.74, 6) is 0.699. The second-order valence-corrected chi connectivity index (χ2v) is 5.51. The van der Waals surface area contributed by atoms with Crippen LogP contribution in [0.15, 0.2) is 18.2 Å². The number of hydrogen-bond acceptors (Lipinski definition) is 1. The molecule has 3 heteroatoms. The molecule has 0 aromatic heterocycles. The maximum atomic E-state index is 6.29. The highest BCUT2D eigenvalue weighted by Crippen LogP contribution is 2.55. The summed E-state index contributed by atoms with van der Waals surface area (Å²) in [6, 6.07) is 5.85. The van der Waals surface area contributed by atoms with Gasteiger partial charge in [-0.15, -0.1) is 0 Å². The van der Waals surface area contributed by atoms with Gasteiger partial charge in [0.15, 0.2) is 0 Å². The molecular formula is C13H17Cl2N. The van der Waals surface area contributed by atoms with E-state index in [1.165, 1.54) is 12.0 Å². The lowest BCUT2D eigenvalue weighted by Gasteiger charge is -2.19. The van der Waals surface area contributed by atoms with Gasteiger partial charge >= 0.3 is 0 Å². The fourth-order valence-corrected chi connectivity index (χ4v) is 3.04. The number of halogens is 2. The predicted molar refractivity (Wildman–Crippen MR) is 70.5 cm³/mol. The van der Waals surface area contributed by atoms with Crippen LogP contribution in [0.1, 0.15) is 25.8 Å². The lowest BCUT2D eigenvalue weighted by atomic mass is 9.93. The normalized spacial score (nSPS) is 28.1. The molecule has 0 amide bonds. The van der Waals surface area contributed by atoms with Gasteiger partial charge in [-0.3, -0.25) is 0 Å². The molecule has 1 N–H and O–H groups in total. The Morgan fingerprint density at radius 2 is 2.12 bits per heavy atom. The van der Waals surface area contributed by atoms with Crippen molar-refractivity contribution in [3.63, 3.8) is 0 Å². The SMILES string of the molecule is CCNCC1(c2ccc(Cl)cc2Cl)CC1C. The van der Waals surface area contributed by atoms with Crippen molar-refractivity contribution >= 4 is 23.2 Å². The van der Waals surface area contributed by atoms with Crippen LogP contribution in [0.4, 0.5) is 0 Å². The molecule has 0 spiro atoms. The Bertz CT molecular complexity index is 392. The Morgan fingerprint density at radius 1 is 1.44 bits per heavy atom. The summed E-state index contributed by atoms with van der Waals surface area (Å²) in [6.45, 7) is 6.41. The van der Waals surface area contributed by atoms with Crippen LogP contribution in [0.25, 0.3) is 0 Å². The average Bonchev–Trinajstić information content (AvgIpc) is 2.87. The molecule has 16 heavy (non-hydrogen) atoms. The second-order valence-electron chi connectivity index (χ2n) is 4.67. The van der Waals surface area contributed by atoms with Crippen LogP contribution in [-0.4, -0.2) is 13.1 Å². The number of hydrogen-bond donors (Lipinski definition) is 1. The molecule has 1 aliphatic rings. The molecular weight excluding hydrogens is 241 g/mol. The van der Waals surface area contributed by atoms with Crippen LogP contribution >= 0.6 is 23.2 Å². The number of rotatable bonds is 4. The van der Waals surface area contributed by atoms with E-state index < -0.39 is 0 Å². The smallest absolute Gasteiger partial charge is 0.0459 e. The van der Waals surface area contributed by atoms with Crippen LogP contribution in [0.2, 0.25) is 10.0 Å². The molecule has 0 bridgehead atoms. The maximum Gasteiger partial charge on any atom is 0.0459 e. The highest BCUT2D eigenvalue weighted by Gasteiger charge is 2.52. The highest BCUT2D eigenvalue weighted by molar-refractivity contribution is 6.35. The van der Waals surface area contributed by atoms with Gasteiger partial charge in [0, 0.05) is 22.0 Å². The third kappa shape index (κ3) is 2.09. The van der Waals surface area contributed by atoms with Crippen molar-refractivity contribution in [2.24, 2.45) is 5.92 Å². The quantitative estimate of drug-likeness (QED) is 0.864. The van der Waals surface area contributed by atoms with Crippen LogP contribution in [0.3, 0.4) is 0 Å². The Kier molecular flexibility index (Phi) is 3.48. The zero-order valence-electron chi connectivity index (χ0n) is 9.69. The van der Waals surface area contributed by atoms with E-state index in [1.807, 2.05) is 12.1 Å². The van der Waals surface area contributed by atoms with E-state index >= 15 is 0 Å². The molecule has 1 aliphatic carbocycles. The average molecular weight is 258 g/mol. The van der Waals surface area contributed by atoms with Crippen molar-refractivity contribution in [3.8, 4) is 0 Å². The summed E-state index contributed by atoms with van der Waals surface area (Å²) in [6.07, 6.45) is 1.21. The molecule has 2 rings (SSSR count). The first kappa shape index (κ1) is 12.2. The first-order valence-corrected chi connectivity index (χ1v) is 6.52. The topological polar surface area (TPSA) is 12.0 Å². The monoisotopic (exact) mass is 257 g/mol. The number of nitrogens with one attached hydrogen (secondary N) is 1. The number of benzene rings is 1. The van der Waals surface area contributed by atoms with Gasteiger partial charge in [-0.1, -0.05) is 43.1 Å². The minimum absolute atomic E-state index is 0.234. The van der Waals surface area contributed by atoms with Gasteiger partial charge in [0.1, 0.15) is 0 Å². The zero-order valence-corrected chi connectivity index (χ0v) is 11.2. The van der Waals surface area contributed by atoms with Crippen molar-refractivity contribution in [2.45, 2.75) is 25.7 Å².